The van der Waals surface area contributed by atoms with Crippen LogP contribution in [0, 0.1) is 0 Å². The lowest BCUT2D eigenvalue weighted by Crippen LogP contribution is -2.46. The summed E-state index contributed by atoms with van der Waals surface area (Å²) < 4.78 is 21.6. The standard InChI is InChI=1S/C20H33N3O4/c1-21-20(22-15-16-6-7-18(25-3)19(14-16)26-4)23-10-8-17(9-11-23)27-13-5-12-24-2/h6-7,14,17H,5,8-13,15H2,1-4H3,(H,21,22). The Morgan fingerprint density at radius 1 is 1.11 bits per heavy atom. The number of methoxy groups -OCH3 is 3. The summed E-state index contributed by atoms with van der Waals surface area (Å²) in [5.41, 5.74) is 1.12. The molecule has 2 rings (SSSR count). The maximum absolute atomic E-state index is 5.93. The molecule has 1 N–H and O–H groups in total. The number of benzene rings is 1. The molecule has 1 aromatic rings. The minimum Gasteiger partial charge on any atom is -0.493 e. The van der Waals surface area contributed by atoms with E-state index in [0.717, 1.165) is 68.6 Å². The van der Waals surface area contributed by atoms with Crippen LogP contribution < -0.4 is 14.8 Å². The van der Waals surface area contributed by atoms with E-state index in [1.54, 1.807) is 21.3 Å². The van der Waals surface area contributed by atoms with Crippen molar-refractivity contribution >= 4 is 5.96 Å². The molecular formula is C20H33N3O4. The van der Waals surface area contributed by atoms with Crippen molar-refractivity contribution in [2.24, 2.45) is 4.99 Å². The van der Waals surface area contributed by atoms with Gasteiger partial charge in [-0.05, 0) is 37.0 Å². The highest BCUT2D eigenvalue weighted by atomic mass is 16.5. The number of ether oxygens (including phenoxy) is 4. The molecule has 7 nitrogen and oxygen atoms in total. The van der Waals surface area contributed by atoms with E-state index in [9.17, 15) is 0 Å². The summed E-state index contributed by atoms with van der Waals surface area (Å²) in [5, 5.41) is 3.44. The molecule has 1 fully saturated rings. The van der Waals surface area contributed by atoms with Crippen LogP contribution in [0.3, 0.4) is 0 Å². The van der Waals surface area contributed by atoms with Gasteiger partial charge in [-0.15, -0.1) is 0 Å². The van der Waals surface area contributed by atoms with Crippen LogP contribution in [0.25, 0.3) is 0 Å². The van der Waals surface area contributed by atoms with Crippen LogP contribution in [-0.2, 0) is 16.0 Å². The van der Waals surface area contributed by atoms with Gasteiger partial charge in [-0.2, -0.15) is 0 Å². The molecule has 1 aliphatic heterocycles. The molecule has 0 saturated carbocycles. The van der Waals surface area contributed by atoms with Gasteiger partial charge in [-0.1, -0.05) is 6.07 Å². The van der Waals surface area contributed by atoms with Crippen LogP contribution in [0.1, 0.15) is 24.8 Å². The highest BCUT2D eigenvalue weighted by Crippen LogP contribution is 2.27. The van der Waals surface area contributed by atoms with Gasteiger partial charge in [0.15, 0.2) is 17.5 Å². The first-order chi connectivity index (χ1) is 13.2. The van der Waals surface area contributed by atoms with Gasteiger partial charge in [-0.3, -0.25) is 4.99 Å². The van der Waals surface area contributed by atoms with E-state index < -0.39 is 0 Å². The number of hydrogen-bond acceptors (Lipinski definition) is 5. The Kier molecular flexibility index (Phi) is 9.21. The number of hydrogen-bond donors (Lipinski definition) is 1. The molecular weight excluding hydrogens is 346 g/mol. The van der Waals surface area contributed by atoms with Crippen LogP contribution >= 0.6 is 0 Å². The largest absolute Gasteiger partial charge is 0.493 e. The van der Waals surface area contributed by atoms with Gasteiger partial charge in [0.2, 0.25) is 0 Å². The van der Waals surface area contributed by atoms with E-state index in [-0.39, 0.29) is 0 Å². The molecule has 152 valence electrons. The molecule has 1 aliphatic rings. The third-order valence-corrected chi connectivity index (χ3v) is 4.70. The van der Waals surface area contributed by atoms with E-state index >= 15 is 0 Å². The van der Waals surface area contributed by atoms with E-state index in [4.69, 9.17) is 18.9 Å². The normalized spacial score (nSPS) is 15.7. The molecule has 7 heteroatoms. The van der Waals surface area contributed by atoms with Crippen molar-refractivity contribution in [3.8, 4) is 11.5 Å². The fraction of sp³-hybridized carbons (Fsp3) is 0.650. The first kappa shape index (κ1) is 21.3. The van der Waals surface area contributed by atoms with Gasteiger partial charge >= 0.3 is 0 Å². The first-order valence-corrected chi connectivity index (χ1v) is 9.48. The van der Waals surface area contributed by atoms with Gasteiger partial charge in [-0.25, -0.2) is 0 Å². The summed E-state index contributed by atoms with van der Waals surface area (Å²) in [5.74, 6) is 2.39. The molecule has 0 unspecified atom stereocenters. The fourth-order valence-electron chi connectivity index (χ4n) is 3.19. The summed E-state index contributed by atoms with van der Waals surface area (Å²) in [6, 6.07) is 5.94. The Bertz CT molecular complexity index is 587. The molecule has 0 aliphatic carbocycles. The van der Waals surface area contributed by atoms with Crippen LogP contribution in [0.2, 0.25) is 0 Å². The average Bonchev–Trinajstić information content (AvgIpc) is 2.72. The quantitative estimate of drug-likeness (QED) is 0.404. The smallest absolute Gasteiger partial charge is 0.193 e. The highest BCUT2D eigenvalue weighted by molar-refractivity contribution is 5.80. The number of nitrogens with zero attached hydrogens (tertiary/aromatic N) is 2. The molecule has 0 radical (unpaired) electrons. The molecule has 0 amide bonds. The number of nitrogens with one attached hydrogen (secondary N) is 1. The van der Waals surface area contributed by atoms with Gasteiger partial charge < -0.3 is 29.2 Å². The van der Waals surface area contributed by atoms with E-state index in [2.05, 4.69) is 15.2 Å². The van der Waals surface area contributed by atoms with Crippen molar-refractivity contribution in [2.45, 2.75) is 31.9 Å². The van der Waals surface area contributed by atoms with Crippen molar-refractivity contribution in [1.29, 1.82) is 0 Å². The Morgan fingerprint density at radius 3 is 2.48 bits per heavy atom. The summed E-state index contributed by atoms with van der Waals surface area (Å²) in [6.45, 7) is 4.10. The lowest BCUT2D eigenvalue weighted by atomic mass is 10.1. The molecule has 1 heterocycles. The topological polar surface area (TPSA) is 64.6 Å². The number of likely N-dealkylation sites (tertiary alicyclic amines) is 1. The summed E-state index contributed by atoms with van der Waals surface area (Å²) in [4.78, 5) is 6.72. The third kappa shape index (κ3) is 6.59. The van der Waals surface area contributed by atoms with Crippen LogP contribution in [0.15, 0.2) is 23.2 Å². The van der Waals surface area contributed by atoms with Gasteiger partial charge in [0.1, 0.15) is 0 Å². The van der Waals surface area contributed by atoms with Crippen molar-refractivity contribution in [2.75, 3.05) is 54.7 Å². The number of piperidine rings is 1. The SMILES string of the molecule is CN=C(NCc1ccc(OC)c(OC)c1)N1CCC(OCCCOC)CC1. The Morgan fingerprint density at radius 2 is 1.85 bits per heavy atom. The Balaban J connectivity index is 1.79. The minimum atomic E-state index is 0.335. The summed E-state index contributed by atoms with van der Waals surface area (Å²) >= 11 is 0. The lowest BCUT2D eigenvalue weighted by Gasteiger charge is -2.34. The van der Waals surface area contributed by atoms with Gasteiger partial charge in [0.05, 0.1) is 20.3 Å². The van der Waals surface area contributed by atoms with E-state index in [0.29, 0.717) is 12.6 Å². The number of guanidine groups is 1. The molecule has 0 spiro atoms. The molecule has 0 bridgehead atoms. The van der Waals surface area contributed by atoms with Crippen molar-refractivity contribution < 1.29 is 18.9 Å². The highest BCUT2D eigenvalue weighted by Gasteiger charge is 2.21. The fourth-order valence-corrected chi connectivity index (χ4v) is 3.19. The number of rotatable bonds is 9. The van der Waals surface area contributed by atoms with Gasteiger partial charge in [0, 0.05) is 47.0 Å². The average molecular weight is 380 g/mol. The molecule has 1 aromatic carbocycles. The third-order valence-electron chi connectivity index (χ3n) is 4.70. The van der Waals surface area contributed by atoms with Crippen molar-refractivity contribution in [3.05, 3.63) is 23.8 Å². The van der Waals surface area contributed by atoms with Gasteiger partial charge in [0.25, 0.3) is 0 Å². The van der Waals surface area contributed by atoms with Crippen LogP contribution in [-0.4, -0.2) is 71.6 Å². The predicted molar refractivity (Wildman–Crippen MR) is 107 cm³/mol. The van der Waals surface area contributed by atoms with Crippen LogP contribution in [0.5, 0.6) is 11.5 Å². The van der Waals surface area contributed by atoms with Crippen molar-refractivity contribution in [1.82, 2.24) is 10.2 Å². The second-order valence-electron chi connectivity index (χ2n) is 6.49. The zero-order valence-corrected chi connectivity index (χ0v) is 17.0. The minimum absolute atomic E-state index is 0.335. The summed E-state index contributed by atoms with van der Waals surface area (Å²) in [7, 11) is 6.83. The molecule has 1 saturated heterocycles. The van der Waals surface area contributed by atoms with Crippen molar-refractivity contribution in [3.63, 3.8) is 0 Å². The predicted octanol–water partition coefficient (Wildman–Crippen LogP) is 2.30. The van der Waals surface area contributed by atoms with E-state index in [1.807, 2.05) is 25.2 Å². The Labute approximate surface area is 162 Å². The summed E-state index contributed by atoms with van der Waals surface area (Å²) in [6.07, 6.45) is 3.32. The monoisotopic (exact) mass is 379 g/mol. The zero-order valence-electron chi connectivity index (χ0n) is 17.0. The maximum Gasteiger partial charge on any atom is 0.193 e. The Hall–Kier alpha value is -1.99. The maximum atomic E-state index is 5.93. The lowest BCUT2D eigenvalue weighted by molar-refractivity contribution is 0.00989. The number of aliphatic imine (C=N–C) groups is 1. The molecule has 0 aromatic heterocycles. The first-order valence-electron chi connectivity index (χ1n) is 9.48. The zero-order chi connectivity index (χ0) is 19.5. The second kappa shape index (κ2) is 11.7. The second-order valence-corrected chi connectivity index (χ2v) is 6.49. The molecule has 0 atom stereocenters. The molecule has 27 heavy (non-hydrogen) atoms. The van der Waals surface area contributed by atoms with E-state index in [1.165, 1.54) is 0 Å². The van der Waals surface area contributed by atoms with Crippen LogP contribution in [0.4, 0.5) is 0 Å².